The highest BCUT2D eigenvalue weighted by Gasteiger charge is 2.13. The minimum atomic E-state index is -0.861. The van der Waals surface area contributed by atoms with Crippen molar-refractivity contribution in [2.75, 3.05) is 0 Å². The van der Waals surface area contributed by atoms with Crippen molar-refractivity contribution in [3.05, 3.63) is 52.9 Å². The number of carbonyl (C=O) groups is 1. The molecular weight excluding hydrogens is 270 g/mol. The third kappa shape index (κ3) is 2.55. The number of pyridine rings is 1. The molecule has 0 radical (unpaired) electrons. The van der Waals surface area contributed by atoms with E-state index in [1.54, 1.807) is 12.3 Å². The first kappa shape index (κ1) is 13.1. The number of hydrogen-bond donors (Lipinski definition) is 2. The van der Waals surface area contributed by atoms with Gasteiger partial charge >= 0.3 is 5.97 Å². The number of nitrogens with zero attached hydrogens (tertiary/aromatic N) is 2. The molecule has 0 aliphatic rings. The van der Waals surface area contributed by atoms with Crippen LogP contribution in [0.25, 0.3) is 22.4 Å². The van der Waals surface area contributed by atoms with Crippen LogP contribution in [0.4, 0.5) is 0 Å². The molecule has 2 heterocycles. The van der Waals surface area contributed by atoms with Crippen LogP contribution >= 0.6 is 0 Å². The Balaban J connectivity index is 2.15. The van der Waals surface area contributed by atoms with E-state index in [0.717, 1.165) is 16.6 Å². The van der Waals surface area contributed by atoms with E-state index in [1.807, 2.05) is 28.8 Å². The third-order valence-electron chi connectivity index (χ3n) is 3.25. The van der Waals surface area contributed by atoms with Crippen molar-refractivity contribution in [1.82, 2.24) is 14.5 Å². The number of aryl methyl sites for hydroxylation is 1. The smallest absolute Gasteiger partial charge is 0.305 e. The van der Waals surface area contributed by atoms with Crippen LogP contribution in [0.1, 0.15) is 6.42 Å². The van der Waals surface area contributed by atoms with E-state index in [0.29, 0.717) is 12.4 Å². The number of aliphatic carboxylic acids is 1. The van der Waals surface area contributed by atoms with Crippen molar-refractivity contribution in [1.29, 1.82) is 0 Å². The van der Waals surface area contributed by atoms with Gasteiger partial charge in [0, 0.05) is 24.4 Å². The van der Waals surface area contributed by atoms with Crippen molar-refractivity contribution in [2.24, 2.45) is 0 Å². The van der Waals surface area contributed by atoms with Gasteiger partial charge in [-0.05, 0) is 18.2 Å². The Morgan fingerprint density at radius 3 is 2.76 bits per heavy atom. The largest absolute Gasteiger partial charge is 0.481 e. The highest BCUT2D eigenvalue weighted by atomic mass is 16.4. The van der Waals surface area contributed by atoms with Crippen molar-refractivity contribution in [2.45, 2.75) is 13.0 Å². The van der Waals surface area contributed by atoms with E-state index in [-0.39, 0.29) is 12.0 Å². The van der Waals surface area contributed by atoms with E-state index < -0.39 is 5.97 Å². The van der Waals surface area contributed by atoms with Gasteiger partial charge in [0.25, 0.3) is 0 Å². The van der Waals surface area contributed by atoms with Crippen LogP contribution in [-0.4, -0.2) is 25.6 Å². The van der Waals surface area contributed by atoms with Crippen molar-refractivity contribution in [3.63, 3.8) is 0 Å². The molecule has 21 heavy (non-hydrogen) atoms. The van der Waals surface area contributed by atoms with Gasteiger partial charge in [0.2, 0.25) is 5.56 Å². The van der Waals surface area contributed by atoms with Crippen molar-refractivity contribution < 1.29 is 9.90 Å². The fraction of sp³-hybridized carbons (Fsp3) is 0.133. The molecule has 0 fully saturated rings. The lowest BCUT2D eigenvalue weighted by Crippen LogP contribution is -2.07. The molecule has 0 aliphatic heterocycles. The van der Waals surface area contributed by atoms with Gasteiger partial charge in [0.15, 0.2) is 0 Å². The van der Waals surface area contributed by atoms with Crippen LogP contribution in [0.3, 0.4) is 0 Å². The van der Waals surface area contributed by atoms with Gasteiger partial charge in [0.1, 0.15) is 5.82 Å². The number of carboxylic acids is 1. The predicted octanol–water partition coefficient (Wildman–Crippen LogP) is 1.87. The number of aromatic nitrogens is 3. The van der Waals surface area contributed by atoms with Crippen LogP contribution in [0, 0.1) is 0 Å². The molecule has 0 saturated carbocycles. The molecule has 0 atom stereocenters. The minimum Gasteiger partial charge on any atom is -0.481 e. The fourth-order valence-electron chi connectivity index (χ4n) is 2.28. The number of hydrogen-bond acceptors (Lipinski definition) is 3. The SMILES string of the molecule is O=C(O)CCn1c(-c2ccc(=O)[nH]c2)nc2ccccc21. The first-order valence-corrected chi connectivity index (χ1v) is 6.51. The van der Waals surface area contributed by atoms with E-state index in [1.165, 1.54) is 6.07 Å². The molecule has 0 saturated heterocycles. The molecule has 6 nitrogen and oxygen atoms in total. The van der Waals surface area contributed by atoms with Crippen LogP contribution in [0.2, 0.25) is 0 Å². The second-order valence-electron chi connectivity index (χ2n) is 4.66. The Bertz CT molecular complexity index is 843. The number of rotatable bonds is 4. The van der Waals surface area contributed by atoms with Crippen molar-refractivity contribution >= 4 is 17.0 Å². The molecule has 0 amide bonds. The predicted molar refractivity (Wildman–Crippen MR) is 78.0 cm³/mol. The number of carboxylic acid groups (broad SMARTS) is 1. The number of benzene rings is 1. The molecular formula is C15H13N3O3. The second-order valence-corrected chi connectivity index (χ2v) is 4.66. The molecule has 6 heteroatoms. The number of para-hydroxylation sites is 2. The van der Waals surface area contributed by atoms with Crippen LogP contribution in [0.15, 0.2) is 47.4 Å². The molecule has 0 bridgehead atoms. The molecule has 3 aromatic rings. The van der Waals surface area contributed by atoms with Gasteiger partial charge in [-0.2, -0.15) is 0 Å². The zero-order valence-electron chi connectivity index (χ0n) is 11.1. The summed E-state index contributed by atoms with van der Waals surface area (Å²) in [5.41, 5.74) is 2.23. The lowest BCUT2D eigenvalue weighted by molar-refractivity contribution is -0.137. The summed E-state index contributed by atoms with van der Waals surface area (Å²) in [4.78, 5) is 29.2. The Hall–Kier alpha value is -2.89. The number of aromatic amines is 1. The number of imidazole rings is 1. The van der Waals surface area contributed by atoms with Gasteiger partial charge in [-0.25, -0.2) is 4.98 Å². The summed E-state index contributed by atoms with van der Waals surface area (Å²) in [7, 11) is 0. The zero-order chi connectivity index (χ0) is 14.8. The number of H-pyrrole nitrogens is 1. The highest BCUT2D eigenvalue weighted by molar-refractivity contribution is 5.80. The minimum absolute atomic E-state index is 0.0106. The van der Waals surface area contributed by atoms with Gasteiger partial charge in [-0.1, -0.05) is 12.1 Å². The number of nitrogens with one attached hydrogen (secondary N) is 1. The van der Waals surface area contributed by atoms with Crippen molar-refractivity contribution in [3.8, 4) is 11.4 Å². The summed E-state index contributed by atoms with van der Waals surface area (Å²) in [5.74, 6) is -0.214. The monoisotopic (exact) mass is 283 g/mol. The topological polar surface area (TPSA) is 88.0 Å². The molecule has 1 aromatic carbocycles. The summed E-state index contributed by atoms with van der Waals surface area (Å²) in [6.45, 7) is 0.324. The molecule has 0 aliphatic carbocycles. The standard InChI is InChI=1S/C15H13N3O3/c19-13-6-5-10(9-16-13)15-17-11-3-1-2-4-12(11)18(15)8-7-14(20)21/h1-6,9H,7-8H2,(H,16,19)(H,20,21). The maximum atomic E-state index is 11.2. The summed E-state index contributed by atoms with van der Waals surface area (Å²) >= 11 is 0. The molecule has 0 unspecified atom stereocenters. The Kier molecular flexibility index (Phi) is 3.27. The molecule has 2 aromatic heterocycles. The van der Waals surface area contributed by atoms with Gasteiger partial charge < -0.3 is 14.7 Å². The van der Waals surface area contributed by atoms with E-state index in [4.69, 9.17) is 5.11 Å². The Labute approximate surface area is 119 Å². The van der Waals surface area contributed by atoms with E-state index >= 15 is 0 Å². The first-order valence-electron chi connectivity index (χ1n) is 6.51. The Morgan fingerprint density at radius 1 is 1.24 bits per heavy atom. The highest BCUT2D eigenvalue weighted by Crippen LogP contribution is 2.24. The van der Waals surface area contributed by atoms with Crippen LogP contribution in [-0.2, 0) is 11.3 Å². The fourth-order valence-corrected chi connectivity index (χ4v) is 2.28. The molecule has 3 rings (SSSR count). The van der Waals surface area contributed by atoms with Gasteiger partial charge in [-0.3, -0.25) is 9.59 Å². The second kappa shape index (κ2) is 5.24. The summed E-state index contributed by atoms with van der Waals surface area (Å²) < 4.78 is 1.86. The average Bonchev–Trinajstić information content (AvgIpc) is 2.84. The van der Waals surface area contributed by atoms with Crippen LogP contribution < -0.4 is 5.56 Å². The average molecular weight is 283 g/mol. The lowest BCUT2D eigenvalue weighted by Gasteiger charge is -2.07. The van der Waals surface area contributed by atoms with E-state index in [2.05, 4.69) is 9.97 Å². The Morgan fingerprint density at radius 2 is 2.05 bits per heavy atom. The maximum Gasteiger partial charge on any atom is 0.305 e. The van der Waals surface area contributed by atoms with E-state index in [9.17, 15) is 9.59 Å². The third-order valence-corrected chi connectivity index (χ3v) is 3.25. The summed E-state index contributed by atoms with van der Waals surface area (Å²) in [6.07, 6.45) is 1.59. The maximum absolute atomic E-state index is 11.2. The summed E-state index contributed by atoms with van der Waals surface area (Å²) in [5, 5.41) is 8.90. The lowest BCUT2D eigenvalue weighted by atomic mass is 10.2. The quantitative estimate of drug-likeness (QED) is 0.765. The molecule has 0 spiro atoms. The molecule has 106 valence electrons. The normalized spacial score (nSPS) is 10.9. The van der Waals surface area contributed by atoms with Gasteiger partial charge in [-0.15, -0.1) is 0 Å². The van der Waals surface area contributed by atoms with Crippen LogP contribution in [0.5, 0.6) is 0 Å². The zero-order valence-corrected chi connectivity index (χ0v) is 11.1. The molecule has 2 N–H and O–H groups in total. The number of fused-ring (bicyclic) bond motifs is 1. The summed E-state index contributed by atoms with van der Waals surface area (Å²) in [6, 6.07) is 10.7. The first-order chi connectivity index (χ1) is 10.1. The van der Waals surface area contributed by atoms with Gasteiger partial charge in [0.05, 0.1) is 17.5 Å².